The Morgan fingerprint density at radius 2 is 2.10 bits per heavy atom. The highest BCUT2D eigenvalue weighted by Crippen LogP contribution is 2.09. The number of fused-ring (bicyclic) bond motifs is 1. The first-order valence-corrected chi connectivity index (χ1v) is 6.70. The molecule has 1 amide bonds. The van der Waals surface area contributed by atoms with Gasteiger partial charge < -0.3 is 10.1 Å². The number of carbonyl (C=O) groups is 1. The highest BCUT2D eigenvalue weighted by atomic mass is 16.6. The molecule has 0 aliphatic heterocycles. The van der Waals surface area contributed by atoms with E-state index in [4.69, 9.17) is 4.74 Å². The minimum Gasteiger partial charge on any atom is -0.444 e. The lowest BCUT2D eigenvalue weighted by atomic mass is 10.2. The summed E-state index contributed by atoms with van der Waals surface area (Å²) in [6.45, 7) is 5.93. The fourth-order valence-corrected chi connectivity index (χ4v) is 1.62. The molecule has 110 valence electrons. The van der Waals surface area contributed by atoms with E-state index in [9.17, 15) is 4.79 Å². The quantitative estimate of drug-likeness (QED) is 0.655. The van der Waals surface area contributed by atoms with Crippen LogP contribution in [0.4, 0.5) is 4.79 Å². The Balaban J connectivity index is 1.80. The maximum absolute atomic E-state index is 11.4. The van der Waals surface area contributed by atoms with Crippen LogP contribution in [0.25, 0.3) is 11.0 Å². The summed E-state index contributed by atoms with van der Waals surface area (Å²) < 4.78 is 5.12. The molecular weight excluding hydrogens is 268 g/mol. The largest absolute Gasteiger partial charge is 0.444 e. The van der Waals surface area contributed by atoms with E-state index >= 15 is 0 Å². The lowest BCUT2D eigenvalue weighted by Gasteiger charge is -2.19. The second kappa shape index (κ2) is 6.27. The smallest absolute Gasteiger partial charge is 0.407 e. The molecule has 0 radical (unpaired) electrons. The topological polar surface area (TPSA) is 79.9 Å². The minimum atomic E-state index is -0.483. The van der Waals surface area contributed by atoms with Crippen molar-refractivity contribution in [3.63, 3.8) is 0 Å². The van der Waals surface area contributed by atoms with Gasteiger partial charge in [0.1, 0.15) is 16.6 Å². The maximum Gasteiger partial charge on any atom is 0.407 e. The number of hydrogen-bond acceptors (Lipinski definition) is 4. The number of nitrogens with zero attached hydrogens (tertiary/aromatic N) is 2. The summed E-state index contributed by atoms with van der Waals surface area (Å²) in [5.74, 6) is 6.02. The van der Waals surface area contributed by atoms with Gasteiger partial charge in [-0.2, -0.15) is 15.4 Å². The fourth-order valence-electron chi connectivity index (χ4n) is 1.62. The normalized spacial score (nSPS) is 10.8. The van der Waals surface area contributed by atoms with E-state index in [1.807, 2.05) is 39.0 Å². The molecule has 0 bridgehead atoms. The number of hydrogen-bond donors (Lipinski definition) is 2. The van der Waals surface area contributed by atoms with E-state index in [-0.39, 0.29) is 0 Å². The predicted octanol–water partition coefficient (Wildman–Crippen LogP) is 2.22. The van der Waals surface area contributed by atoms with Crippen molar-refractivity contribution >= 4 is 17.1 Å². The molecule has 0 aliphatic carbocycles. The number of benzene rings is 1. The fraction of sp³-hybridized carbons (Fsp3) is 0.400. The SMILES string of the molecule is CC(C)(C)OC(=O)NCCC#Cc1ccc2n[nH]nc2c1. The van der Waals surface area contributed by atoms with Gasteiger partial charge in [0.15, 0.2) is 0 Å². The minimum absolute atomic E-state index is 0.423. The highest BCUT2D eigenvalue weighted by molar-refractivity contribution is 5.75. The van der Waals surface area contributed by atoms with Gasteiger partial charge >= 0.3 is 6.09 Å². The van der Waals surface area contributed by atoms with Crippen molar-refractivity contribution in [1.82, 2.24) is 20.7 Å². The Morgan fingerprint density at radius 1 is 1.33 bits per heavy atom. The molecule has 0 saturated heterocycles. The van der Waals surface area contributed by atoms with Gasteiger partial charge in [-0.15, -0.1) is 0 Å². The summed E-state index contributed by atoms with van der Waals surface area (Å²) in [6, 6.07) is 5.62. The van der Waals surface area contributed by atoms with Crippen molar-refractivity contribution in [2.75, 3.05) is 6.54 Å². The Hall–Kier alpha value is -2.55. The van der Waals surface area contributed by atoms with Crippen LogP contribution in [0.15, 0.2) is 18.2 Å². The van der Waals surface area contributed by atoms with Gasteiger partial charge in [0, 0.05) is 18.5 Å². The van der Waals surface area contributed by atoms with Crippen molar-refractivity contribution in [3.8, 4) is 11.8 Å². The van der Waals surface area contributed by atoms with Crippen LogP contribution in [0.5, 0.6) is 0 Å². The molecule has 0 saturated carbocycles. The molecule has 1 aromatic heterocycles. The summed E-state index contributed by atoms with van der Waals surface area (Å²) in [4.78, 5) is 11.4. The number of nitrogens with one attached hydrogen (secondary N) is 2. The standard InChI is InChI=1S/C15H18N4O2/c1-15(2,3)21-14(20)16-9-5-4-6-11-7-8-12-13(10-11)18-19-17-12/h7-8,10H,5,9H2,1-3H3,(H,16,20)(H,17,18,19). The van der Waals surface area contributed by atoms with Crippen LogP contribution in [-0.4, -0.2) is 33.6 Å². The van der Waals surface area contributed by atoms with E-state index in [2.05, 4.69) is 32.6 Å². The molecule has 0 fully saturated rings. The molecule has 1 heterocycles. The third-order valence-corrected chi connectivity index (χ3v) is 2.47. The molecule has 6 heteroatoms. The zero-order valence-electron chi connectivity index (χ0n) is 12.4. The highest BCUT2D eigenvalue weighted by Gasteiger charge is 2.15. The maximum atomic E-state index is 11.4. The van der Waals surface area contributed by atoms with E-state index in [0.29, 0.717) is 13.0 Å². The lowest BCUT2D eigenvalue weighted by molar-refractivity contribution is 0.0529. The Labute approximate surface area is 123 Å². The number of carbonyl (C=O) groups excluding carboxylic acids is 1. The third-order valence-electron chi connectivity index (χ3n) is 2.47. The molecule has 0 atom stereocenters. The van der Waals surface area contributed by atoms with Crippen LogP contribution in [0.3, 0.4) is 0 Å². The predicted molar refractivity (Wildman–Crippen MR) is 79.6 cm³/mol. The molecule has 1 aromatic carbocycles. The summed E-state index contributed by atoms with van der Waals surface area (Å²) in [5.41, 5.74) is 1.98. The average Bonchev–Trinajstić information content (AvgIpc) is 2.83. The first-order chi connectivity index (χ1) is 9.94. The van der Waals surface area contributed by atoms with Crippen molar-refractivity contribution in [1.29, 1.82) is 0 Å². The molecular formula is C15H18N4O2. The molecule has 0 aliphatic rings. The van der Waals surface area contributed by atoms with E-state index in [1.165, 1.54) is 0 Å². The van der Waals surface area contributed by atoms with E-state index in [1.54, 1.807) is 0 Å². The zero-order valence-corrected chi connectivity index (χ0v) is 12.4. The van der Waals surface area contributed by atoms with Gasteiger partial charge in [0.2, 0.25) is 0 Å². The summed E-state index contributed by atoms with van der Waals surface area (Å²) in [6.07, 6.45) is 0.129. The second-order valence-electron chi connectivity index (χ2n) is 5.51. The van der Waals surface area contributed by atoms with Crippen molar-refractivity contribution < 1.29 is 9.53 Å². The monoisotopic (exact) mass is 286 g/mol. The number of H-pyrrole nitrogens is 1. The van der Waals surface area contributed by atoms with Gasteiger partial charge in [-0.05, 0) is 39.0 Å². The number of amides is 1. The van der Waals surface area contributed by atoms with Crippen molar-refractivity contribution in [2.45, 2.75) is 32.8 Å². The second-order valence-corrected chi connectivity index (χ2v) is 5.51. The van der Waals surface area contributed by atoms with Crippen LogP contribution in [0, 0.1) is 11.8 Å². The zero-order chi connectivity index (χ0) is 15.3. The molecule has 2 rings (SSSR count). The first kappa shape index (κ1) is 14.9. The van der Waals surface area contributed by atoms with Gasteiger partial charge in [0.25, 0.3) is 0 Å². The number of rotatable bonds is 2. The Morgan fingerprint density at radius 3 is 2.86 bits per heavy atom. The van der Waals surface area contributed by atoms with E-state index < -0.39 is 11.7 Å². The van der Waals surface area contributed by atoms with Crippen LogP contribution >= 0.6 is 0 Å². The van der Waals surface area contributed by atoms with E-state index in [0.717, 1.165) is 16.6 Å². The van der Waals surface area contributed by atoms with Crippen molar-refractivity contribution in [3.05, 3.63) is 23.8 Å². The average molecular weight is 286 g/mol. The lowest BCUT2D eigenvalue weighted by Crippen LogP contribution is -2.32. The van der Waals surface area contributed by atoms with Gasteiger partial charge in [-0.25, -0.2) is 4.79 Å². The molecule has 0 unspecified atom stereocenters. The molecule has 21 heavy (non-hydrogen) atoms. The Bertz CT molecular complexity index is 689. The molecule has 2 N–H and O–H groups in total. The molecule has 2 aromatic rings. The Kier molecular flexibility index (Phi) is 4.43. The number of aromatic nitrogens is 3. The van der Waals surface area contributed by atoms with Crippen LogP contribution in [0.2, 0.25) is 0 Å². The first-order valence-electron chi connectivity index (χ1n) is 6.70. The van der Waals surface area contributed by atoms with Gasteiger partial charge in [-0.1, -0.05) is 11.8 Å². The number of ether oxygens (including phenoxy) is 1. The summed E-state index contributed by atoms with van der Waals surface area (Å²) in [7, 11) is 0. The van der Waals surface area contributed by atoms with Crippen LogP contribution in [0.1, 0.15) is 32.8 Å². The van der Waals surface area contributed by atoms with Crippen molar-refractivity contribution in [2.24, 2.45) is 0 Å². The third kappa shape index (κ3) is 4.80. The van der Waals surface area contributed by atoms with Crippen LogP contribution < -0.4 is 5.32 Å². The molecule has 6 nitrogen and oxygen atoms in total. The number of aromatic amines is 1. The van der Waals surface area contributed by atoms with Crippen LogP contribution in [-0.2, 0) is 4.74 Å². The number of alkyl carbamates (subject to hydrolysis) is 1. The van der Waals surface area contributed by atoms with Gasteiger partial charge in [-0.3, -0.25) is 0 Å². The summed E-state index contributed by atoms with van der Waals surface area (Å²) >= 11 is 0. The molecule has 0 spiro atoms. The van der Waals surface area contributed by atoms with Gasteiger partial charge in [0.05, 0.1) is 0 Å². The summed E-state index contributed by atoms with van der Waals surface area (Å²) in [5, 5.41) is 13.2.